The molecule has 0 radical (unpaired) electrons. The maximum atomic E-state index is 11.1. The van der Waals surface area contributed by atoms with Crippen LogP contribution in [0.2, 0.25) is 0 Å². The summed E-state index contributed by atoms with van der Waals surface area (Å²) in [5.41, 5.74) is 2.77. The van der Waals surface area contributed by atoms with E-state index in [1.165, 1.54) is 0 Å². The van der Waals surface area contributed by atoms with Crippen LogP contribution in [0.1, 0.15) is 31.2 Å². The lowest BCUT2D eigenvalue weighted by molar-refractivity contribution is -0.145. The van der Waals surface area contributed by atoms with Crippen molar-refractivity contribution >= 4 is 17.1 Å². The Labute approximate surface area is 158 Å². The van der Waals surface area contributed by atoms with Gasteiger partial charge in [0.05, 0.1) is 0 Å². The molecule has 0 amide bonds. The van der Waals surface area contributed by atoms with E-state index < -0.39 is 12.1 Å². The zero-order valence-electron chi connectivity index (χ0n) is 15.4. The number of carbonyl (C=O) groups is 1. The standard InChI is InChI=1S/C21H24N2O4/c1-2-18(21(24)25)26-16-8-5-7-15(13-16)14-22-12-6-11-20-23-17-9-3-4-10-19(17)27-20/h3-5,7-10,13,18,22H,2,6,11-12,14H2,1H3,(H,24,25). The van der Waals surface area contributed by atoms with Crippen LogP contribution >= 0.6 is 0 Å². The SMILES string of the molecule is CCC(Oc1cccc(CNCCCc2nc3ccccc3o2)c1)C(=O)O. The molecule has 0 aliphatic heterocycles. The monoisotopic (exact) mass is 368 g/mol. The number of carboxylic acid groups (broad SMARTS) is 1. The summed E-state index contributed by atoms with van der Waals surface area (Å²) in [5.74, 6) is 0.392. The second-order valence-electron chi connectivity index (χ2n) is 6.36. The molecule has 3 rings (SSSR count). The molecule has 142 valence electrons. The summed E-state index contributed by atoms with van der Waals surface area (Å²) in [6.07, 6.45) is 1.30. The molecule has 0 saturated heterocycles. The zero-order valence-corrected chi connectivity index (χ0v) is 15.4. The van der Waals surface area contributed by atoms with E-state index >= 15 is 0 Å². The first-order chi connectivity index (χ1) is 13.2. The molecule has 6 nitrogen and oxygen atoms in total. The highest BCUT2D eigenvalue weighted by atomic mass is 16.5. The summed E-state index contributed by atoms with van der Waals surface area (Å²) in [6.45, 7) is 3.31. The molecule has 1 aromatic heterocycles. The van der Waals surface area contributed by atoms with Gasteiger partial charge in [-0.2, -0.15) is 0 Å². The number of aromatic nitrogens is 1. The van der Waals surface area contributed by atoms with Gasteiger partial charge in [-0.3, -0.25) is 0 Å². The minimum atomic E-state index is -0.944. The minimum Gasteiger partial charge on any atom is -0.479 e. The van der Waals surface area contributed by atoms with Crippen LogP contribution in [-0.2, 0) is 17.8 Å². The summed E-state index contributed by atoms with van der Waals surface area (Å²) in [5, 5.41) is 12.5. The number of para-hydroxylation sites is 2. The van der Waals surface area contributed by atoms with Gasteiger partial charge in [-0.05, 0) is 49.2 Å². The van der Waals surface area contributed by atoms with E-state index in [-0.39, 0.29) is 0 Å². The molecular weight excluding hydrogens is 344 g/mol. The Balaban J connectivity index is 1.43. The molecule has 2 N–H and O–H groups in total. The van der Waals surface area contributed by atoms with Gasteiger partial charge in [0.1, 0.15) is 11.3 Å². The highest BCUT2D eigenvalue weighted by Crippen LogP contribution is 2.17. The van der Waals surface area contributed by atoms with Crippen molar-refractivity contribution in [2.24, 2.45) is 0 Å². The van der Waals surface area contributed by atoms with Crippen molar-refractivity contribution in [1.29, 1.82) is 0 Å². The second kappa shape index (κ2) is 9.19. The Bertz CT molecular complexity index is 858. The fourth-order valence-corrected chi connectivity index (χ4v) is 2.83. The van der Waals surface area contributed by atoms with Crippen LogP contribution < -0.4 is 10.1 Å². The first kappa shape index (κ1) is 18.9. The lowest BCUT2D eigenvalue weighted by Gasteiger charge is -2.14. The summed E-state index contributed by atoms with van der Waals surface area (Å²) in [7, 11) is 0. The fourth-order valence-electron chi connectivity index (χ4n) is 2.83. The Morgan fingerprint density at radius 3 is 2.89 bits per heavy atom. The van der Waals surface area contributed by atoms with Crippen LogP contribution in [0.25, 0.3) is 11.1 Å². The molecule has 1 heterocycles. The van der Waals surface area contributed by atoms with E-state index in [1.54, 1.807) is 13.0 Å². The maximum absolute atomic E-state index is 11.1. The topological polar surface area (TPSA) is 84.6 Å². The molecule has 0 saturated carbocycles. The molecule has 0 fully saturated rings. The second-order valence-corrected chi connectivity index (χ2v) is 6.36. The number of ether oxygens (including phenoxy) is 1. The van der Waals surface area contributed by atoms with Crippen molar-refractivity contribution in [2.75, 3.05) is 6.54 Å². The number of aryl methyl sites for hydroxylation is 1. The Kier molecular flexibility index (Phi) is 6.44. The van der Waals surface area contributed by atoms with Gasteiger partial charge in [0.15, 0.2) is 17.6 Å². The van der Waals surface area contributed by atoms with E-state index in [0.29, 0.717) is 18.7 Å². The van der Waals surface area contributed by atoms with Gasteiger partial charge in [-0.25, -0.2) is 9.78 Å². The van der Waals surface area contributed by atoms with Gasteiger partial charge in [0.25, 0.3) is 0 Å². The van der Waals surface area contributed by atoms with E-state index in [2.05, 4.69) is 10.3 Å². The van der Waals surface area contributed by atoms with E-state index in [0.717, 1.165) is 41.9 Å². The zero-order chi connectivity index (χ0) is 19.1. The largest absolute Gasteiger partial charge is 0.479 e. The van der Waals surface area contributed by atoms with Gasteiger partial charge in [-0.15, -0.1) is 0 Å². The summed E-state index contributed by atoms with van der Waals surface area (Å²) >= 11 is 0. The third-order valence-electron chi connectivity index (χ3n) is 4.23. The molecule has 0 spiro atoms. The number of nitrogens with zero attached hydrogens (tertiary/aromatic N) is 1. The minimum absolute atomic E-state index is 0.424. The van der Waals surface area contributed by atoms with Gasteiger partial charge in [0.2, 0.25) is 0 Å². The van der Waals surface area contributed by atoms with Crippen molar-refractivity contribution in [1.82, 2.24) is 10.3 Å². The third-order valence-corrected chi connectivity index (χ3v) is 4.23. The fraction of sp³-hybridized carbons (Fsp3) is 0.333. The molecule has 0 bridgehead atoms. The van der Waals surface area contributed by atoms with Crippen LogP contribution in [0.3, 0.4) is 0 Å². The van der Waals surface area contributed by atoms with Crippen molar-refractivity contribution < 1.29 is 19.1 Å². The summed E-state index contributed by atoms with van der Waals surface area (Å²) < 4.78 is 11.2. The number of carboxylic acids is 1. The van der Waals surface area contributed by atoms with Gasteiger partial charge in [-0.1, -0.05) is 31.2 Å². The first-order valence-electron chi connectivity index (χ1n) is 9.19. The first-order valence-corrected chi connectivity index (χ1v) is 9.19. The molecule has 0 aliphatic rings. The Morgan fingerprint density at radius 2 is 2.11 bits per heavy atom. The van der Waals surface area contributed by atoms with Gasteiger partial charge >= 0.3 is 5.97 Å². The number of aliphatic carboxylic acids is 1. The van der Waals surface area contributed by atoms with Crippen LogP contribution in [0.4, 0.5) is 0 Å². The number of rotatable bonds is 10. The average Bonchev–Trinajstić information content (AvgIpc) is 3.08. The third kappa shape index (κ3) is 5.31. The predicted octanol–water partition coefficient (Wildman–Crippen LogP) is 3.79. The van der Waals surface area contributed by atoms with Gasteiger partial charge < -0.3 is 19.6 Å². The van der Waals surface area contributed by atoms with E-state index in [4.69, 9.17) is 14.3 Å². The van der Waals surface area contributed by atoms with Crippen LogP contribution in [0.15, 0.2) is 52.9 Å². The molecule has 1 unspecified atom stereocenters. The molecular formula is C21H24N2O4. The highest BCUT2D eigenvalue weighted by molar-refractivity contribution is 5.72. The van der Waals surface area contributed by atoms with Crippen LogP contribution in [0.5, 0.6) is 5.75 Å². The Morgan fingerprint density at radius 1 is 1.26 bits per heavy atom. The van der Waals surface area contributed by atoms with E-state index in [9.17, 15) is 4.79 Å². The number of benzene rings is 2. The lowest BCUT2D eigenvalue weighted by Crippen LogP contribution is -2.26. The average molecular weight is 368 g/mol. The number of hydrogen-bond acceptors (Lipinski definition) is 5. The lowest BCUT2D eigenvalue weighted by atomic mass is 10.2. The van der Waals surface area contributed by atoms with Crippen molar-refractivity contribution in [3.05, 3.63) is 60.0 Å². The van der Waals surface area contributed by atoms with Gasteiger partial charge in [0, 0.05) is 13.0 Å². The predicted molar refractivity (Wildman–Crippen MR) is 103 cm³/mol. The van der Waals surface area contributed by atoms with Crippen molar-refractivity contribution in [3.63, 3.8) is 0 Å². The molecule has 0 aliphatic carbocycles. The summed E-state index contributed by atoms with van der Waals surface area (Å²) in [4.78, 5) is 15.6. The Hall–Kier alpha value is -2.86. The number of hydrogen-bond donors (Lipinski definition) is 2. The highest BCUT2D eigenvalue weighted by Gasteiger charge is 2.16. The smallest absolute Gasteiger partial charge is 0.344 e. The molecule has 2 aromatic carbocycles. The summed E-state index contributed by atoms with van der Waals surface area (Å²) in [6, 6.07) is 15.3. The molecule has 6 heteroatoms. The normalized spacial score (nSPS) is 12.2. The number of nitrogens with one attached hydrogen (secondary N) is 1. The van der Waals surface area contributed by atoms with Crippen LogP contribution in [0, 0.1) is 0 Å². The number of oxazole rings is 1. The van der Waals surface area contributed by atoms with Crippen molar-refractivity contribution in [2.45, 2.75) is 38.8 Å². The van der Waals surface area contributed by atoms with Crippen LogP contribution in [-0.4, -0.2) is 28.7 Å². The van der Waals surface area contributed by atoms with E-state index in [1.807, 2.05) is 42.5 Å². The molecule has 1 atom stereocenters. The maximum Gasteiger partial charge on any atom is 0.344 e. The molecule has 3 aromatic rings. The number of fused-ring (bicyclic) bond motifs is 1. The molecule has 27 heavy (non-hydrogen) atoms. The van der Waals surface area contributed by atoms with Crippen molar-refractivity contribution in [3.8, 4) is 5.75 Å². The quantitative estimate of drug-likeness (QED) is 0.530.